The second kappa shape index (κ2) is 6.56. The average molecular weight is 283 g/mol. The summed E-state index contributed by atoms with van der Waals surface area (Å²) in [4.78, 5) is 13.6. The Morgan fingerprint density at radius 3 is 2.63 bits per heavy atom. The van der Waals surface area contributed by atoms with Crippen LogP contribution in [0.25, 0.3) is 0 Å². The number of nitrogens with two attached hydrogens (primary N) is 1. The summed E-state index contributed by atoms with van der Waals surface area (Å²) in [6.45, 7) is 2.42. The van der Waals surface area contributed by atoms with E-state index in [0.29, 0.717) is 23.5 Å². The summed E-state index contributed by atoms with van der Waals surface area (Å²) < 4.78 is 11.3. The van der Waals surface area contributed by atoms with Gasteiger partial charge < -0.3 is 16.0 Å². The van der Waals surface area contributed by atoms with Crippen molar-refractivity contribution < 1.29 is 9.00 Å². The molecule has 0 heterocycles. The number of carbonyl (C=O) groups excluding carboxylic acids is 1. The van der Waals surface area contributed by atoms with E-state index in [1.54, 1.807) is 38.6 Å². The molecule has 0 spiro atoms. The summed E-state index contributed by atoms with van der Waals surface area (Å²) >= 11 is 0. The van der Waals surface area contributed by atoms with Crippen LogP contribution in [0.2, 0.25) is 0 Å². The van der Waals surface area contributed by atoms with E-state index in [4.69, 9.17) is 5.73 Å². The second-order valence-electron chi connectivity index (χ2n) is 4.69. The highest BCUT2D eigenvalue weighted by Crippen LogP contribution is 2.20. The van der Waals surface area contributed by atoms with E-state index in [2.05, 4.69) is 5.32 Å². The van der Waals surface area contributed by atoms with Crippen molar-refractivity contribution in [1.82, 2.24) is 4.90 Å². The third-order valence-corrected chi connectivity index (χ3v) is 4.13. The molecule has 19 heavy (non-hydrogen) atoms. The first-order valence-electron chi connectivity index (χ1n) is 6.00. The number of nitrogens with one attached hydrogen (secondary N) is 1. The van der Waals surface area contributed by atoms with Gasteiger partial charge in [0.2, 0.25) is 0 Å². The van der Waals surface area contributed by atoms with Gasteiger partial charge in [0.1, 0.15) is 0 Å². The van der Waals surface area contributed by atoms with Crippen LogP contribution in [-0.2, 0) is 10.8 Å². The SMILES string of the molecule is CC(CNc1cc(N)ccc1C(=O)N(C)C)S(C)=O. The predicted molar refractivity (Wildman–Crippen MR) is 80.9 cm³/mol. The smallest absolute Gasteiger partial charge is 0.255 e. The van der Waals surface area contributed by atoms with Crippen LogP contribution in [0.4, 0.5) is 11.4 Å². The van der Waals surface area contributed by atoms with E-state index in [1.807, 2.05) is 6.92 Å². The molecule has 1 amide bonds. The van der Waals surface area contributed by atoms with Gasteiger partial charge in [0, 0.05) is 54.3 Å². The molecule has 0 saturated carbocycles. The van der Waals surface area contributed by atoms with Crippen molar-refractivity contribution >= 4 is 28.1 Å². The lowest BCUT2D eigenvalue weighted by Gasteiger charge is -2.17. The van der Waals surface area contributed by atoms with Crippen LogP contribution in [0.15, 0.2) is 18.2 Å². The van der Waals surface area contributed by atoms with Crippen LogP contribution in [-0.4, -0.2) is 47.2 Å². The number of carbonyl (C=O) groups is 1. The molecule has 0 aliphatic rings. The molecule has 1 rings (SSSR count). The van der Waals surface area contributed by atoms with E-state index in [9.17, 15) is 9.00 Å². The van der Waals surface area contributed by atoms with Gasteiger partial charge in [-0.25, -0.2) is 0 Å². The van der Waals surface area contributed by atoms with Crippen LogP contribution in [0.1, 0.15) is 17.3 Å². The highest BCUT2D eigenvalue weighted by Gasteiger charge is 2.14. The van der Waals surface area contributed by atoms with Gasteiger partial charge in [-0.1, -0.05) is 0 Å². The number of nitrogen functional groups attached to an aromatic ring is 1. The van der Waals surface area contributed by atoms with Gasteiger partial charge in [0.25, 0.3) is 5.91 Å². The third kappa shape index (κ3) is 4.24. The first kappa shape index (κ1) is 15.5. The highest BCUT2D eigenvalue weighted by molar-refractivity contribution is 7.84. The largest absolute Gasteiger partial charge is 0.399 e. The fourth-order valence-corrected chi connectivity index (χ4v) is 1.82. The Morgan fingerprint density at radius 1 is 1.47 bits per heavy atom. The molecule has 0 bridgehead atoms. The lowest BCUT2D eigenvalue weighted by Crippen LogP contribution is -2.25. The lowest BCUT2D eigenvalue weighted by molar-refractivity contribution is 0.0828. The number of rotatable bonds is 5. The van der Waals surface area contributed by atoms with Crippen LogP contribution < -0.4 is 11.1 Å². The van der Waals surface area contributed by atoms with Crippen LogP contribution in [0.5, 0.6) is 0 Å². The normalized spacial score (nSPS) is 13.7. The summed E-state index contributed by atoms with van der Waals surface area (Å²) in [5.41, 5.74) is 7.57. The fourth-order valence-electron chi connectivity index (χ4n) is 1.51. The molecule has 0 aliphatic heterocycles. The van der Waals surface area contributed by atoms with Gasteiger partial charge in [-0.15, -0.1) is 0 Å². The number of anilines is 2. The molecular formula is C13H21N3O2S. The standard InChI is InChI=1S/C13H21N3O2S/c1-9(19(4)18)8-15-12-7-10(14)5-6-11(12)13(17)16(2)3/h5-7,9,15H,8,14H2,1-4H3. The molecule has 2 atom stereocenters. The Hall–Kier alpha value is -1.56. The zero-order chi connectivity index (χ0) is 14.6. The maximum atomic E-state index is 12.0. The van der Waals surface area contributed by atoms with E-state index in [0.717, 1.165) is 0 Å². The predicted octanol–water partition coefficient (Wildman–Crippen LogP) is 1.15. The van der Waals surface area contributed by atoms with Crippen molar-refractivity contribution in [1.29, 1.82) is 0 Å². The minimum atomic E-state index is -0.905. The summed E-state index contributed by atoms with van der Waals surface area (Å²) in [6.07, 6.45) is 1.66. The highest BCUT2D eigenvalue weighted by atomic mass is 32.2. The van der Waals surface area contributed by atoms with Crippen LogP contribution in [0.3, 0.4) is 0 Å². The monoisotopic (exact) mass is 283 g/mol. The summed E-state index contributed by atoms with van der Waals surface area (Å²) in [7, 11) is 2.50. The second-order valence-corrected chi connectivity index (χ2v) is 6.50. The number of amides is 1. The molecule has 1 aromatic rings. The Bertz CT molecular complexity index is 489. The molecule has 5 nitrogen and oxygen atoms in total. The van der Waals surface area contributed by atoms with E-state index < -0.39 is 10.8 Å². The topological polar surface area (TPSA) is 75.4 Å². The van der Waals surface area contributed by atoms with Crippen molar-refractivity contribution in [2.75, 3.05) is 37.9 Å². The Labute approximate surface area is 116 Å². The Morgan fingerprint density at radius 2 is 2.11 bits per heavy atom. The van der Waals surface area contributed by atoms with Crippen molar-refractivity contribution in [3.05, 3.63) is 23.8 Å². The van der Waals surface area contributed by atoms with Crippen molar-refractivity contribution in [2.45, 2.75) is 12.2 Å². The minimum Gasteiger partial charge on any atom is -0.399 e. The molecule has 3 N–H and O–H groups in total. The molecule has 0 aromatic heterocycles. The van der Waals surface area contributed by atoms with Gasteiger partial charge in [-0.3, -0.25) is 9.00 Å². The molecule has 0 aliphatic carbocycles. The summed E-state index contributed by atoms with van der Waals surface area (Å²) in [5, 5.41) is 3.15. The number of hydrogen-bond acceptors (Lipinski definition) is 4. The molecule has 2 unspecified atom stereocenters. The molecule has 6 heteroatoms. The molecule has 106 valence electrons. The summed E-state index contributed by atoms with van der Waals surface area (Å²) in [6, 6.07) is 5.12. The van der Waals surface area contributed by atoms with Crippen molar-refractivity contribution in [3.63, 3.8) is 0 Å². The maximum absolute atomic E-state index is 12.0. The van der Waals surface area contributed by atoms with Crippen molar-refractivity contribution in [3.8, 4) is 0 Å². The maximum Gasteiger partial charge on any atom is 0.255 e. The lowest BCUT2D eigenvalue weighted by atomic mass is 10.1. The minimum absolute atomic E-state index is 0.00346. The van der Waals surface area contributed by atoms with Gasteiger partial charge >= 0.3 is 0 Å². The zero-order valence-electron chi connectivity index (χ0n) is 11.8. The molecule has 0 fully saturated rings. The van der Waals surface area contributed by atoms with Crippen molar-refractivity contribution in [2.24, 2.45) is 0 Å². The van der Waals surface area contributed by atoms with E-state index in [-0.39, 0.29) is 11.2 Å². The molecule has 0 saturated heterocycles. The Balaban J connectivity index is 2.95. The molecular weight excluding hydrogens is 262 g/mol. The van der Waals surface area contributed by atoms with Gasteiger partial charge in [0.15, 0.2) is 0 Å². The number of benzene rings is 1. The molecule has 0 radical (unpaired) electrons. The average Bonchev–Trinajstić information content (AvgIpc) is 2.34. The first-order chi connectivity index (χ1) is 8.82. The van der Waals surface area contributed by atoms with Crippen LogP contribution in [0, 0.1) is 0 Å². The first-order valence-corrected chi connectivity index (χ1v) is 7.62. The van der Waals surface area contributed by atoms with E-state index >= 15 is 0 Å². The van der Waals surface area contributed by atoms with Crippen LogP contribution >= 0.6 is 0 Å². The van der Waals surface area contributed by atoms with Gasteiger partial charge in [-0.05, 0) is 25.1 Å². The summed E-state index contributed by atoms with van der Waals surface area (Å²) in [5.74, 6) is -0.0900. The quantitative estimate of drug-likeness (QED) is 0.795. The Kier molecular flexibility index (Phi) is 5.35. The fraction of sp³-hybridized carbons (Fsp3) is 0.462. The van der Waals surface area contributed by atoms with E-state index in [1.165, 1.54) is 4.90 Å². The third-order valence-electron chi connectivity index (χ3n) is 2.83. The van der Waals surface area contributed by atoms with Gasteiger partial charge in [-0.2, -0.15) is 0 Å². The number of nitrogens with zero attached hydrogens (tertiary/aromatic N) is 1. The number of hydrogen-bond donors (Lipinski definition) is 2. The van der Waals surface area contributed by atoms with Gasteiger partial charge in [0.05, 0.1) is 5.56 Å². The molecule has 1 aromatic carbocycles. The zero-order valence-corrected chi connectivity index (χ0v) is 12.6.